The van der Waals surface area contributed by atoms with Crippen molar-refractivity contribution in [2.75, 3.05) is 17.7 Å². The summed E-state index contributed by atoms with van der Waals surface area (Å²) in [6.45, 7) is 4.32. The lowest BCUT2D eigenvalue weighted by molar-refractivity contribution is -0.670. The Morgan fingerprint density at radius 3 is 2.45 bits per heavy atom. The fourth-order valence-corrected chi connectivity index (χ4v) is 6.76. The fourth-order valence-electron chi connectivity index (χ4n) is 6.76. The number of oxazole rings is 1. The monoisotopic (exact) mass is 660 g/mol. The molecule has 0 aliphatic carbocycles. The number of hydrogen-bond acceptors (Lipinski definition) is 6. The molecule has 5 aromatic heterocycles. The van der Waals surface area contributed by atoms with Crippen molar-refractivity contribution in [3.8, 4) is 0 Å². The number of H-pyrrole nitrogens is 1. The van der Waals surface area contributed by atoms with Crippen molar-refractivity contribution in [2.24, 2.45) is 21.1 Å². The van der Waals surface area contributed by atoms with E-state index in [9.17, 15) is 14.4 Å². The highest BCUT2D eigenvalue weighted by molar-refractivity contribution is 6.23. The zero-order valence-corrected chi connectivity index (χ0v) is 28.4. The normalized spacial score (nSPS) is 11.6. The molecular formula is C37H38N7O5+. The molecule has 0 bridgehead atoms. The van der Waals surface area contributed by atoms with Gasteiger partial charge < -0.3 is 33.9 Å². The molecule has 0 fully saturated rings. The Morgan fingerprint density at radius 1 is 0.939 bits per heavy atom. The van der Waals surface area contributed by atoms with Crippen molar-refractivity contribution in [3.63, 3.8) is 0 Å². The number of benzene rings is 2. The van der Waals surface area contributed by atoms with Gasteiger partial charge in [-0.25, -0.2) is 14.3 Å². The molecule has 0 saturated carbocycles. The molecule has 0 atom stereocenters. The van der Waals surface area contributed by atoms with Gasteiger partial charge in [0.2, 0.25) is 5.91 Å². The summed E-state index contributed by atoms with van der Waals surface area (Å²) in [5.74, 6) is -0.371. The summed E-state index contributed by atoms with van der Waals surface area (Å²) in [7, 11) is 6.76. The largest absolute Gasteiger partial charge is 0.464 e. The van der Waals surface area contributed by atoms with E-state index >= 15 is 0 Å². The third kappa shape index (κ3) is 5.68. The van der Waals surface area contributed by atoms with Crippen molar-refractivity contribution in [3.05, 3.63) is 83.5 Å². The van der Waals surface area contributed by atoms with Crippen molar-refractivity contribution < 1.29 is 28.1 Å². The van der Waals surface area contributed by atoms with E-state index in [2.05, 4.69) is 58.6 Å². The first-order chi connectivity index (χ1) is 23.5. The molecule has 2 amide bonds. The Morgan fingerprint density at radius 2 is 1.67 bits per heavy atom. The molecule has 0 saturated heterocycles. The summed E-state index contributed by atoms with van der Waals surface area (Å²) in [5.41, 5.74) is 7.80. The SMILES string of the molecule is COC(=O)c1cc(NC(=O)c2cc(NC(=O)CCCCc3nc4c(ccc5[nH]c6c(C)c7cc[n+](C)cc7c(C)c6c54)o3)cn2C)cn1C. The molecule has 49 heavy (non-hydrogen) atoms. The van der Waals surface area contributed by atoms with E-state index < -0.39 is 5.97 Å². The molecule has 5 heterocycles. The Kier molecular flexibility index (Phi) is 7.94. The van der Waals surface area contributed by atoms with Gasteiger partial charge in [-0.1, -0.05) is 0 Å². The number of pyridine rings is 1. The van der Waals surface area contributed by atoms with Crippen molar-refractivity contribution >= 4 is 72.8 Å². The lowest BCUT2D eigenvalue weighted by atomic mass is 9.96. The third-order valence-electron chi connectivity index (χ3n) is 9.25. The molecule has 250 valence electrons. The predicted molar refractivity (Wildman–Crippen MR) is 188 cm³/mol. The number of aromatic nitrogens is 5. The molecule has 12 heteroatoms. The van der Waals surface area contributed by atoms with Crippen molar-refractivity contribution in [1.82, 2.24) is 19.1 Å². The molecule has 3 N–H and O–H groups in total. The second kappa shape index (κ2) is 12.3. The number of rotatable bonds is 9. The molecule has 12 nitrogen and oxygen atoms in total. The number of anilines is 2. The number of esters is 1. The number of methoxy groups -OCH3 is 1. The minimum Gasteiger partial charge on any atom is -0.464 e. The number of hydrogen-bond donors (Lipinski definition) is 3. The van der Waals surface area contributed by atoms with Gasteiger partial charge >= 0.3 is 5.97 Å². The van der Waals surface area contributed by atoms with Crippen LogP contribution in [0.1, 0.15) is 57.3 Å². The number of nitrogens with zero attached hydrogens (tertiary/aromatic N) is 4. The molecule has 0 aliphatic rings. The van der Waals surface area contributed by atoms with Crippen LogP contribution in [-0.2, 0) is 37.1 Å². The summed E-state index contributed by atoms with van der Waals surface area (Å²) in [6, 6.07) is 9.35. The number of nitrogens with one attached hydrogen (secondary N) is 3. The maximum absolute atomic E-state index is 12.9. The first-order valence-corrected chi connectivity index (χ1v) is 16.2. The van der Waals surface area contributed by atoms with E-state index in [-0.39, 0.29) is 11.8 Å². The van der Waals surface area contributed by atoms with Gasteiger partial charge in [0.1, 0.15) is 24.0 Å². The Bertz CT molecular complexity index is 2460. The van der Waals surface area contributed by atoms with Crippen LogP contribution in [0.4, 0.5) is 11.4 Å². The van der Waals surface area contributed by atoms with Gasteiger partial charge in [-0.2, -0.15) is 0 Å². The smallest absolute Gasteiger partial charge is 0.354 e. The van der Waals surface area contributed by atoms with Crippen LogP contribution in [0, 0.1) is 13.8 Å². The van der Waals surface area contributed by atoms with E-state index in [1.807, 2.05) is 13.1 Å². The topological polar surface area (TPSA) is 140 Å². The second-order valence-corrected chi connectivity index (χ2v) is 12.7. The number of carbonyl (C=O) groups excluding carboxylic acids is 3. The number of amides is 2. The van der Waals surface area contributed by atoms with Gasteiger partial charge in [-0.15, -0.1) is 0 Å². The third-order valence-corrected chi connectivity index (χ3v) is 9.25. The zero-order valence-electron chi connectivity index (χ0n) is 28.4. The highest BCUT2D eigenvalue weighted by atomic mass is 16.5. The standard InChI is InChI=1S/C37H37N7O5/c1-20-25-19-42(3)14-13-24(25)21(2)34-32(20)33-26(40-34)11-12-29-35(33)41-31(49-29)10-8-7-9-30(45)38-22-15-27(43(4)17-22)36(46)39-23-16-28(37(47)48-6)44(5)18-23/h11-19H,7-10H2,1-6H3,(H2,38,39,45,46)/p+1. The molecule has 0 radical (unpaired) electrons. The van der Waals surface area contributed by atoms with Crippen molar-refractivity contribution in [1.29, 1.82) is 0 Å². The predicted octanol–water partition coefficient (Wildman–Crippen LogP) is 6.12. The van der Waals surface area contributed by atoms with E-state index in [1.54, 1.807) is 47.8 Å². The van der Waals surface area contributed by atoms with Crippen LogP contribution in [0.3, 0.4) is 0 Å². The number of carbonyl (C=O) groups is 3. The Balaban J connectivity index is 0.995. The van der Waals surface area contributed by atoms with Crippen LogP contribution in [0.5, 0.6) is 0 Å². The second-order valence-electron chi connectivity index (χ2n) is 12.7. The maximum atomic E-state index is 12.9. The van der Waals surface area contributed by atoms with Gasteiger partial charge in [0.05, 0.1) is 24.0 Å². The molecule has 0 unspecified atom stereocenters. The van der Waals surface area contributed by atoms with Crippen LogP contribution in [0.2, 0.25) is 0 Å². The summed E-state index contributed by atoms with van der Waals surface area (Å²) < 4.78 is 16.2. The molecular weight excluding hydrogens is 622 g/mol. The average Bonchev–Trinajstić information content (AvgIpc) is 3.85. The molecule has 2 aromatic carbocycles. The number of ether oxygens (including phenoxy) is 1. The number of aryl methyl sites for hydroxylation is 6. The summed E-state index contributed by atoms with van der Waals surface area (Å²) in [6.07, 6.45) is 9.85. The van der Waals surface area contributed by atoms with E-state index in [0.717, 1.165) is 33.9 Å². The van der Waals surface area contributed by atoms with Crippen LogP contribution in [0.15, 0.2) is 59.5 Å². The average molecular weight is 661 g/mol. The zero-order chi connectivity index (χ0) is 34.6. The van der Waals surface area contributed by atoms with Crippen LogP contribution in [-0.4, -0.2) is 44.0 Å². The minimum atomic E-state index is -0.499. The van der Waals surface area contributed by atoms with Crippen LogP contribution < -0.4 is 15.2 Å². The lowest BCUT2D eigenvalue weighted by Gasteiger charge is -2.07. The quantitative estimate of drug-likeness (QED) is 0.0968. The summed E-state index contributed by atoms with van der Waals surface area (Å²) >= 11 is 0. The van der Waals surface area contributed by atoms with Gasteiger partial charge in [0.15, 0.2) is 23.9 Å². The fraction of sp³-hybridized carbons (Fsp3) is 0.270. The lowest BCUT2D eigenvalue weighted by Crippen LogP contribution is -2.26. The highest BCUT2D eigenvalue weighted by Gasteiger charge is 2.21. The van der Waals surface area contributed by atoms with Crippen LogP contribution in [0.25, 0.3) is 43.7 Å². The maximum Gasteiger partial charge on any atom is 0.354 e. The van der Waals surface area contributed by atoms with E-state index in [1.165, 1.54) is 34.4 Å². The first kappa shape index (κ1) is 31.7. The highest BCUT2D eigenvalue weighted by Crippen LogP contribution is 2.39. The molecule has 0 aliphatic heterocycles. The van der Waals surface area contributed by atoms with Crippen LogP contribution >= 0.6 is 0 Å². The first-order valence-electron chi connectivity index (χ1n) is 16.2. The van der Waals surface area contributed by atoms with Gasteiger partial charge in [0.25, 0.3) is 5.91 Å². The van der Waals surface area contributed by atoms with E-state index in [0.29, 0.717) is 47.9 Å². The van der Waals surface area contributed by atoms with Gasteiger partial charge in [0, 0.05) is 67.1 Å². The number of fused-ring (bicyclic) bond motifs is 6. The molecule has 7 rings (SSSR count). The summed E-state index contributed by atoms with van der Waals surface area (Å²) in [5, 5.41) is 10.4. The van der Waals surface area contributed by atoms with Gasteiger partial charge in [-0.3, -0.25) is 9.59 Å². The minimum absolute atomic E-state index is 0.145. The van der Waals surface area contributed by atoms with E-state index in [4.69, 9.17) is 14.1 Å². The Hall–Kier alpha value is -5.91. The van der Waals surface area contributed by atoms with Gasteiger partial charge in [-0.05, 0) is 67.5 Å². The Labute approximate surface area is 281 Å². The molecule has 0 spiro atoms. The number of unbranched alkanes of at least 4 members (excludes halogenated alkanes) is 1. The number of aromatic amines is 1. The summed E-state index contributed by atoms with van der Waals surface area (Å²) in [4.78, 5) is 46.2. The van der Waals surface area contributed by atoms with Crippen molar-refractivity contribution in [2.45, 2.75) is 39.5 Å². The molecule has 7 aromatic rings.